The SMILES string of the molecule is CCC/C(=N\Oc1nc2oc(=O)cc(CC)c2c(=O)[nH]1)N1CCN(C(C)=O)CC1. The van der Waals surface area contributed by atoms with Gasteiger partial charge < -0.3 is 19.1 Å². The lowest BCUT2D eigenvalue weighted by Crippen LogP contribution is -2.50. The van der Waals surface area contributed by atoms with Crippen molar-refractivity contribution in [3.8, 4) is 6.01 Å². The maximum absolute atomic E-state index is 12.4. The van der Waals surface area contributed by atoms with Crippen LogP contribution in [0.2, 0.25) is 0 Å². The van der Waals surface area contributed by atoms with Gasteiger partial charge in [0.2, 0.25) is 11.6 Å². The number of H-pyrrole nitrogens is 1. The van der Waals surface area contributed by atoms with Crippen molar-refractivity contribution in [2.45, 2.75) is 40.0 Å². The van der Waals surface area contributed by atoms with Crippen LogP contribution in [-0.2, 0) is 11.2 Å². The van der Waals surface area contributed by atoms with Gasteiger partial charge >= 0.3 is 11.6 Å². The zero-order chi connectivity index (χ0) is 21.0. The predicted octanol–water partition coefficient (Wildman–Crippen LogP) is 1.10. The van der Waals surface area contributed by atoms with Crippen LogP contribution in [-0.4, -0.2) is 57.7 Å². The summed E-state index contributed by atoms with van der Waals surface area (Å²) in [6.45, 7) is 7.96. The number of oxime groups is 1. The van der Waals surface area contributed by atoms with E-state index in [-0.39, 0.29) is 23.0 Å². The Balaban J connectivity index is 1.84. The summed E-state index contributed by atoms with van der Waals surface area (Å²) in [4.78, 5) is 51.5. The van der Waals surface area contributed by atoms with Crippen LogP contribution in [0.3, 0.4) is 0 Å². The molecule has 10 nitrogen and oxygen atoms in total. The lowest BCUT2D eigenvalue weighted by molar-refractivity contribution is -0.130. The predicted molar refractivity (Wildman–Crippen MR) is 107 cm³/mol. The molecule has 3 heterocycles. The lowest BCUT2D eigenvalue weighted by Gasteiger charge is -2.35. The Morgan fingerprint density at radius 3 is 2.55 bits per heavy atom. The minimum Gasteiger partial charge on any atom is -0.403 e. The van der Waals surface area contributed by atoms with Gasteiger partial charge in [-0.3, -0.25) is 14.6 Å². The van der Waals surface area contributed by atoms with Gasteiger partial charge in [0, 0.05) is 45.6 Å². The van der Waals surface area contributed by atoms with E-state index >= 15 is 0 Å². The van der Waals surface area contributed by atoms with E-state index in [1.54, 1.807) is 11.8 Å². The van der Waals surface area contributed by atoms with Gasteiger partial charge in [0.25, 0.3) is 5.56 Å². The van der Waals surface area contributed by atoms with Crippen molar-refractivity contribution in [1.82, 2.24) is 19.8 Å². The summed E-state index contributed by atoms with van der Waals surface area (Å²) in [5.74, 6) is 0.767. The Labute approximate surface area is 167 Å². The van der Waals surface area contributed by atoms with Crippen molar-refractivity contribution in [2.24, 2.45) is 5.16 Å². The van der Waals surface area contributed by atoms with Gasteiger partial charge in [-0.2, -0.15) is 4.98 Å². The molecular formula is C19H25N5O5. The van der Waals surface area contributed by atoms with Crippen molar-refractivity contribution >= 4 is 22.8 Å². The molecule has 0 saturated carbocycles. The van der Waals surface area contributed by atoms with Crippen LogP contribution < -0.4 is 16.0 Å². The Kier molecular flexibility index (Phi) is 6.30. The molecule has 1 saturated heterocycles. The maximum atomic E-state index is 12.4. The summed E-state index contributed by atoms with van der Waals surface area (Å²) in [5, 5.41) is 4.41. The smallest absolute Gasteiger partial charge is 0.337 e. The van der Waals surface area contributed by atoms with Gasteiger partial charge in [-0.05, 0) is 18.4 Å². The first-order valence-corrected chi connectivity index (χ1v) is 9.74. The molecule has 156 valence electrons. The van der Waals surface area contributed by atoms with Crippen molar-refractivity contribution in [3.05, 3.63) is 32.4 Å². The van der Waals surface area contributed by atoms with Gasteiger partial charge in [-0.25, -0.2) is 4.79 Å². The van der Waals surface area contributed by atoms with Gasteiger partial charge in [0.1, 0.15) is 11.2 Å². The second-order valence-corrected chi connectivity index (χ2v) is 6.84. The van der Waals surface area contributed by atoms with E-state index in [0.717, 1.165) is 6.42 Å². The average Bonchev–Trinajstić information content (AvgIpc) is 2.70. The molecule has 3 rings (SSSR count). The fraction of sp³-hybridized carbons (Fsp3) is 0.526. The number of carbonyl (C=O) groups is 1. The monoisotopic (exact) mass is 403 g/mol. The molecular weight excluding hydrogens is 378 g/mol. The van der Waals surface area contributed by atoms with Gasteiger partial charge in [-0.1, -0.05) is 19.0 Å². The van der Waals surface area contributed by atoms with Crippen LogP contribution in [0, 0.1) is 0 Å². The van der Waals surface area contributed by atoms with Crippen molar-refractivity contribution < 1.29 is 14.0 Å². The normalized spacial score (nSPS) is 15.1. The number of aryl methyl sites for hydroxylation is 1. The van der Waals surface area contributed by atoms with Crippen LogP contribution in [0.5, 0.6) is 6.01 Å². The molecule has 0 aliphatic carbocycles. The van der Waals surface area contributed by atoms with Gasteiger partial charge in [0.15, 0.2) is 0 Å². The van der Waals surface area contributed by atoms with Crippen molar-refractivity contribution in [2.75, 3.05) is 26.2 Å². The highest BCUT2D eigenvalue weighted by molar-refractivity contribution is 5.82. The van der Waals surface area contributed by atoms with Crippen LogP contribution in [0.15, 0.2) is 25.2 Å². The zero-order valence-corrected chi connectivity index (χ0v) is 16.9. The zero-order valence-electron chi connectivity index (χ0n) is 16.9. The second-order valence-electron chi connectivity index (χ2n) is 6.84. The fourth-order valence-electron chi connectivity index (χ4n) is 3.31. The molecule has 0 aromatic carbocycles. The summed E-state index contributed by atoms with van der Waals surface area (Å²) >= 11 is 0. The summed E-state index contributed by atoms with van der Waals surface area (Å²) in [6.07, 6.45) is 2.02. The first-order valence-electron chi connectivity index (χ1n) is 9.74. The summed E-state index contributed by atoms with van der Waals surface area (Å²) < 4.78 is 5.07. The Hall–Kier alpha value is -3.17. The van der Waals surface area contributed by atoms with Crippen LogP contribution in [0.4, 0.5) is 0 Å². The molecule has 1 aliphatic heterocycles. The Morgan fingerprint density at radius 2 is 1.93 bits per heavy atom. The summed E-state index contributed by atoms with van der Waals surface area (Å²) in [6, 6.07) is 1.15. The maximum Gasteiger partial charge on any atom is 0.337 e. The van der Waals surface area contributed by atoms with E-state index in [2.05, 4.69) is 20.0 Å². The summed E-state index contributed by atoms with van der Waals surface area (Å²) in [7, 11) is 0. The van der Waals surface area contributed by atoms with Crippen LogP contribution >= 0.6 is 0 Å². The first-order chi connectivity index (χ1) is 13.9. The molecule has 1 N–H and O–H groups in total. The number of hydrogen-bond acceptors (Lipinski definition) is 7. The standard InChI is InChI=1S/C19H25N5O5/c1-4-6-14(24-9-7-23(8-10-24)12(3)25)22-29-19-20-17(27)16-13(5-2)11-15(26)28-18(16)21-19/h11H,4-10H2,1-3H3,(H,20,21,27)/b22-14+. The number of hydrogen-bond donors (Lipinski definition) is 1. The lowest BCUT2D eigenvalue weighted by atomic mass is 10.1. The molecule has 0 radical (unpaired) electrons. The number of amidine groups is 1. The molecule has 0 spiro atoms. The van der Waals surface area contributed by atoms with E-state index < -0.39 is 11.2 Å². The number of nitrogens with one attached hydrogen (secondary N) is 1. The number of nitrogens with zero attached hydrogens (tertiary/aromatic N) is 4. The number of amides is 1. The highest BCUT2D eigenvalue weighted by atomic mass is 16.6. The number of rotatable bonds is 5. The third-order valence-electron chi connectivity index (χ3n) is 4.86. The highest BCUT2D eigenvalue weighted by Crippen LogP contribution is 2.14. The topological polar surface area (TPSA) is 121 Å². The number of fused-ring (bicyclic) bond motifs is 1. The van der Waals surface area contributed by atoms with Gasteiger partial charge in [-0.15, -0.1) is 0 Å². The molecule has 0 unspecified atom stereocenters. The van der Waals surface area contributed by atoms with Crippen molar-refractivity contribution in [3.63, 3.8) is 0 Å². The number of piperazine rings is 1. The third-order valence-corrected chi connectivity index (χ3v) is 4.86. The molecule has 1 aliphatic rings. The molecule has 0 bridgehead atoms. The molecule has 0 atom stereocenters. The van der Waals surface area contributed by atoms with E-state index in [9.17, 15) is 14.4 Å². The Bertz CT molecular complexity index is 1030. The van der Waals surface area contributed by atoms with E-state index in [1.165, 1.54) is 6.07 Å². The van der Waals surface area contributed by atoms with E-state index in [4.69, 9.17) is 9.25 Å². The number of aromatic amines is 1. The van der Waals surface area contributed by atoms with Gasteiger partial charge in [0.05, 0.1) is 0 Å². The quantitative estimate of drug-likeness (QED) is 0.451. The van der Waals surface area contributed by atoms with Crippen LogP contribution in [0.1, 0.15) is 39.2 Å². The molecule has 2 aromatic rings. The minimum atomic E-state index is -0.572. The first kappa shape index (κ1) is 20.6. The molecule has 1 fully saturated rings. The average molecular weight is 403 g/mol. The molecule has 29 heavy (non-hydrogen) atoms. The fourth-order valence-corrected chi connectivity index (χ4v) is 3.31. The number of carbonyl (C=O) groups excluding carboxylic acids is 1. The molecule has 2 aromatic heterocycles. The minimum absolute atomic E-state index is 0.0563. The molecule has 1 amide bonds. The second kappa shape index (κ2) is 8.89. The van der Waals surface area contributed by atoms with E-state index in [0.29, 0.717) is 50.4 Å². The molecule has 10 heteroatoms. The van der Waals surface area contributed by atoms with E-state index in [1.807, 2.05) is 13.8 Å². The third kappa shape index (κ3) is 4.64. The largest absolute Gasteiger partial charge is 0.403 e. The summed E-state index contributed by atoms with van der Waals surface area (Å²) in [5.41, 5.74) is -0.532. The van der Waals surface area contributed by atoms with Crippen molar-refractivity contribution in [1.29, 1.82) is 0 Å². The van der Waals surface area contributed by atoms with Crippen LogP contribution in [0.25, 0.3) is 11.1 Å². The number of aromatic nitrogens is 2. The Morgan fingerprint density at radius 1 is 1.24 bits per heavy atom. The highest BCUT2D eigenvalue weighted by Gasteiger charge is 2.21.